The van der Waals surface area contributed by atoms with E-state index in [1.807, 2.05) is 23.1 Å². The van der Waals surface area contributed by atoms with Crippen LogP contribution in [-0.4, -0.2) is 42.8 Å². The summed E-state index contributed by atoms with van der Waals surface area (Å²) in [6.45, 7) is 2.04. The van der Waals surface area contributed by atoms with Crippen LogP contribution in [0.1, 0.15) is 31.4 Å². The van der Waals surface area contributed by atoms with Crippen molar-refractivity contribution in [3.05, 3.63) is 80.1 Å². The molecule has 1 aliphatic heterocycles. The Morgan fingerprint density at radius 1 is 1.06 bits per heavy atom. The van der Waals surface area contributed by atoms with Crippen LogP contribution in [0.4, 0.5) is 0 Å². The SMILES string of the molecule is O=C(CCCn1c(SCc2cc(=O)n3cc(Cl)ccc3n2)nc2ccccc2c1=O)N1CCCC1. The molecule has 1 saturated heterocycles. The van der Waals surface area contributed by atoms with E-state index in [1.54, 1.807) is 22.8 Å². The predicted octanol–water partition coefficient (Wildman–Crippen LogP) is 3.75. The van der Waals surface area contributed by atoms with Crippen molar-refractivity contribution >= 4 is 45.8 Å². The normalized spacial score (nSPS) is 13.7. The minimum atomic E-state index is -0.225. The van der Waals surface area contributed by atoms with Crippen LogP contribution in [0, 0.1) is 0 Å². The van der Waals surface area contributed by atoms with Gasteiger partial charge >= 0.3 is 0 Å². The van der Waals surface area contributed by atoms with Gasteiger partial charge < -0.3 is 4.90 Å². The van der Waals surface area contributed by atoms with Crippen LogP contribution < -0.4 is 11.1 Å². The van der Waals surface area contributed by atoms with Gasteiger partial charge in [0.05, 0.1) is 21.6 Å². The van der Waals surface area contributed by atoms with Crippen LogP contribution in [0.3, 0.4) is 0 Å². The average Bonchev–Trinajstić information content (AvgIpc) is 3.40. The minimum absolute atomic E-state index is 0.132. The number of halogens is 1. The summed E-state index contributed by atoms with van der Waals surface area (Å²) in [5, 5.41) is 1.54. The molecule has 0 atom stereocenters. The van der Waals surface area contributed by atoms with Gasteiger partial charge in [0.15, 0.2) is 5.16 Å². The third kappa shape index (κ3) is 5.11. The summed E-state index contributed by atoms with van der Waals surface area (Å²) in [6.07, 6.45) is 4.60. The lowest BCUT2D eigenvalue weighted by molar-refractivity contribution is -0.130. The summed E-state index contributed by atoms with van der Waals surface area (Å²) < 4.78 is 3.04. The van der Waals surface area contributed by atoms with E-state index >= 15 is 0 Å². The Labute approximate surface area is 210 Å². The van der Waals surface area contributed by atoms with Gasteiger partial charge in [-0.2, -0.15) is 0 Å². The van der Waals surface area contributed by atoms with Crippen LogP contribution in [0.25, 0.3) is 16.6 Å². The molecule has 35 heavy (non-hydrogen) atoms. The maximum Gasteiger partial charge on any atom is 0.262 e. The standard InChI is InChI=1S/C25H24ClN5O3S/c26-17-9-10-21-27-18(14-23(33)31(21)15-17)16-35-25-28-20-7-2-1-6-19(20)24(34)30(25)13-5-8-22(32)29-11-3-4-12-29/h1-2,6-7,9-10,14-15H,3-5,8,11-13,16H2. The molecule has 4 aromatic rings. The van der Waals surface area contributed by atoms with Crippen molar-refractivity contribution in [2.24, 2.45) is 0 Å². The number of carbonyl (C=O) groups excluding carboxylic acids is 1. The summed E-state index contributed by atoms with van der Waals surface area (Å²) in [5.74, 6) is 0.505. The zero-order chi connectivity index (χ0) is 24.4. The smallest absolute Gasteiger partial charge is 0.262 e. The van der Waals surface area contributed by atoms with Gasteiger partial charge in [-0.25, -0.2) is 9.97 Å². The van der Waals surface area contributed by atoms with Crippen LogP contribution >= 0.6 is 23.4 Å². The maximum absolute atomic E-state index is 13.3. The first-order valence-corrected chi connectivity index (χ1v) is 12.9. The van der Waals surface area contributed by atoms with Gasteiger partial charge in [-0.05, 0) is 43.5 Å². The molecule has 5 rings (SSSR count). The first-order chi connectivity index (χ1) is 17.0. The first kappa shape index (κ1) is 23.6. The van der Waals surface area contributed by atoms with E-state index in [0.29, 0.717) is 57.6 Å². The molecule has 10 heteroatoms. The topological polar surface area (TPSA) is 89.6 Å². The Morgan fingerprint density at radius 3 is 2.69 bits per heavy atom. The molecule has 4 heterocycles. The summed E-state index contributed by atoms with van der Waals surface area (Å²) in [4.78, 5) is 49.4. The lowest BCUT2D eigenvalue weighted by atomic mass is 10.2. The van der Waals surface area contributed by atoms with E-state index in [1.165, 1.54) is 28.4 Å². The monoisotopic (exact) mass is 509 g/mol. The zero-order valence-corrected chi connectivity index (χ0v) is 20.6. The number of fused-ring (bicyclic) bond motifs is 2. The molecular formula is C25H24ClN5O3S. The van der Waals surface area contributed by atoms with E-state index < -0.39 is 0 Å². The molecule has 0 unspecified atom stereocenters. The summed E-state index contributed by atoms with van der Waals surface area (Å²) in [5.41, 5.74) is 1.35. The van der Waals surface area contributed by atoms with Crippen molar-refractivity contribution in [2.75, 3.05) is 13.1 Å². The molecule has 3 aromatic heterocycles. The second-order valence-electron chi connectivity index (χ2n) is 8.51. The second-order valence-corrected chi connectivity index (χ2v) is 9.89. The lowest BCUT2D eigenvalue weighted by Gasteiger charge is -2.16. The number of aromatic nitrogens is 4. The van der Waals surface area contributed by atoms with Crippen molar-refractivity contribution in [2.45, 2.75) is 43.1 Å². The number of nitrogens with zero attached hydrogens (tertiary/aromatic N) is 5. The molecule has 1 aromatic carbocycles. The quantitative estimate of drug-likeness (QED) is 0.278. The van der Waals surface area contributed by atoms with Gasteiger partial charge in [0.2, 0.25) is 5.91 Å². The number of para-hydroxylation sites is 1. The van der Waals surface area contributed by atoms with Crippen molar-refractivity contribution in [3.63, 3.8) is 0 Å². The highest BCUT2D eigenvalue weighted by atomic mass is 35.5. The maximum atomic E-state index is 13.3. The lowest BCUT2D eigenvalue weighted by Crippen LogP contribution is -2.28. The highest BCUT2D eigenvalue weighted by molar-refractivity contribution is 7.98. The van der Waals surface area contributed by atoms with Gasteiger partial charge in [-0.15, -0.1) is 0 Å². The Bertz CT molecular complexity index is 1530. The number of carbonyl (C=O) groups is 1. The Kier molecular flexibility index (Phi) is 6.88. The predicted molar refractivity (Wildman–Crippen MR) is 137 cm³/mol. The molecular weight excluding hydrogens is 486 g/mol. The number of rotatable bonds is 7. The van der Waals surface area contributed by atoms with Crippen LogP contribution in [-0.2, 0) is 17.1 Å². The molecule has 1 fully saturated rings. The van der Waals surface area contributed by atoms with Crippen molar-refractivity contribution in [1.82, 2.24) is 23.8 Å². The third-order valence-corrected chi connectivity index (χ3v) is 7.32. The fourth-order valence-corrected chi connectivity index (χ4v) is 5.38. The minimum Gasteiger partial charge on any atom is -0.343 e. The Hall–Kier alpha value is -3.17. The van der Waals surface area contributed by atoms with E-state index in [2.05, 4.69) is 4.98 Å². The first-order valence-electron chi connectivity index (χ1n) is 11.6. The molecule has 1 aliphatic rings. The van der Waals surface area contributed by atoms with Gasteiger partial charge in [0.1, 0.15) is 5.65 Å². The molecule has 0 aliphatic carbocycles. The Balaban J connectivity index is 1.39. The summed E-state index contributed by atoms with van der Waals surface area (Å²) >= 11 is 7.35. The summed E-state index contributed by atoms with van der Waals surface area (Å²) in [7, 11) is 0. The molecule has 180 valence electrons. The van der Waals surface area contributed by atoms with Crippen LogP contribution in [0.15, 0.2) is 63.4 Å². The summed E-state index contributed by atoms with van der Waals surface area (Å²) in [6, 6.07) is 12.1. The number of pyridine rings is 1. The van der Waals surface area contributed by atoms with Gasteiger partial charge in [0.25, 0.3) is 11.1 Å². The number of amides is 1. The average molecular weight is 510 g/mol. The molecule has 0 spiro atoms. The van der Waals surface area contributed by atoms with Gasteiger partial charge in [-0.1, -0.05) is 35.5 Å². The number of thioether (sulfide) groups is 1. The zero-order valence-electron chi connectivity index (χ0n) is 19.0. The number of benzene rings is 1. The van der Waals surface area contributed by atoms with Crippen LogP contribution in [0.2, 0.25) is 5.02 Å². The largest absolute Gasteiger partial charge is 0.343 e. The second kappa shape index (κ2) is 10.2. The number of hydrogen-bond donors (Lipinski definition) is 0. The third-order valence-electron chi connectivity index (χ3n) is 6.08. The molecule has 0 radical (unpaired) electrons. The molecule has 0 bridgehead atoms. The highest BCUT2D eigenvalue weighted by Gasteiger charge is 2.18. The van der Waals surface area contributed by atoms with E-state index in [0.717, 1.165) is 25.9 Å². The number of likely N-dealkylation sites (tertiary alicyclic amines) is 1. The van der Waals surface area contributed by atoms with Crippen molar-refractivity contribution in [1.29, 1.82) is 0 Å². The van der Waals surface area contributed by atoms with E-state index in [-0.39, 0.29) is 17.0 Å². The van der Waals surface area contributed by atoms with E-state index in [9.17, 15) is 14.4 Å². The molecule has 0 N–H and O–H groups in total. The van der Waals surface area contributed by atoms with Gasteiger partial charge in [-0.3, -0.25) is 23.4 Å². The highest BCUT2D eigenvalue weighted by Crippen LogP contribution is 2.22. The van der Waals surface area contributed by atoms with Crippen molar-refractivity contribution in [3.8, 4) is 0 Å². The molecule has 1 amide bonds. The van der Waals surface area contributed by atoms with Crippen molar-refractivity contribution < 1.29 is 4.79 Å². The van der Waals surface area contributed by atoms with E-state index in [4.69, 9.17) is 16.6 Å². The molecule has 0 saturated carbocycles. The number of hydrogen-bond acceptors (Lipinski definition) is 6. The van der Waals surface area contributed by atoms with Crippen LogP contribution in [0.5, 0.6) is 0 Å². The fourth-order valence-electron chi connectivity index (χ4n) is 4.31. The van der Waals surface area contributed by atoms with Gasteiger partial charge in [0, 0.05) is 44.1 Å². The Morgan fingerprint density at radius 2 is 1.86 bits per heavy atom. The molecule has 8 nitrogen and oxygen atoms in total. The fraction of sp³-hybridized carbons (Fsp3) is 0.320.